The van der Waals surface area contributed by atoms with Gasteiger partial charge < -0.3 is 5.32 Å². The zero-order valence-electron chi connectivity index (χ0n) is 12.0. The number of hydrogen-bond donors (Lipinski definition) is 1. The molecule has 0 bridgehead atoms. The fourth-order valence-electron chi connectivity index (χ4n) is 2.81. The summed E-state index contributed by atoms with van der Waals surface area (Å²) in [5.41, 5.74) is 0.813. The summed E-state index contributed by atoms with van der Waals surface area (Å²) in [6, 6.07) is 7.65. The molecule has 1 aromatic carbocycles. The van der Waals surface area contributed by atoms with Crippen molar-refractivity contribution in [3.63, 3.8) is 0 Å². The first-order valence-electron chi connectivity index (χ1n) is 7.34. The SMILES string of the molecule is CC(C)CC1CN(Cc2ccccc2F)CCCN1. The summed E-state index contributed by atoms with van der Waals surface area (Å²) < 4.78 is 13.7. The van der Waals surface area contributed by atoms with Crippen LogP contribution in [-0.2, 0) is 6.54 Å². The van der Waals surface area contributed by atoms with Gasteiger partial charge in [-0.05, 0) is 37.9 Å². The van der Waals surface area contributed by atoms with Crippen molar-refractivity contribution in [3.8, 4) is 0 Å². The highest BCUT2D eigenvalue weighted by Crippen LogP contribution is 2.14. The van der Waals surface area contributed by atoms with Crippen LogP contribution < -0.4 is 5.32 Å². The van der Waals surface area contributed by atoms with Crippen molar-refractivity contribution in [2.24, 2.45) is 5.92 Å². The molecule has 2 rings (SSSR count). The summed E-state index contributed by atoms with van der Waals surface area (Å²) in [5, 5.41) is 3.61. The van der Waals surface area contributed by atoms with Crippen molar-refractivity contribution in [2.75, 3.05) is 19.6 Å². The average Bonchev–Trinajstić information content (AvgIpc) is 2.57. The predicted molar refractivity (Wildman–Crippen MR) is 77.5 cm³/mol. The van der Waals surface area contributed by atoms with Crippen molar-refractivity contribution in [3.05, 3.63) is 35.6 Å². The molecule has 1 aromatic rings. The standard InChI is InChI=1S/C16H25FN2/c1-13(2)10-15-12-19(9-5-8-18-15)11-14-6-3-4-7-16(14)17/h3-4,6-7,13,15,18H,5,8-12H2,1-2H3. The summed E-state index contributed by atoms with van der Waals surface area (Å²) in [6.07, 6.45) is 2.33. The van der Waals surface area contributed by atoms with Gasteiger partial charge in [-0.2, -0.15) is 0 Å². The largest absolute Gasteiger partial charge is 0.313 e. The zero-order chi connectivity index (χ0) is 13.7. The first kappa shape index (κ1) is 14.5. The Bertz CT molecular complexity index is 392. The Hall–Kier alpha value is -0.930. The van der Waals surface area contributed by atoms with Gasteiger partial charge in [0.25, 0.3) is 0 Å². The van der Waals surface area contributed by atoms with Crippen LogP contribution in [0.4, 0.5) is 4.39 Å². The van der Waals surface area contributed by atoms with Crippen molar-refractivity contribution >= 4 is 0 Å². The molecule has 1 fully saturated rings. The highest BCUT2D eigenvalue weighted by molar-refractivity contribution is 5.17. The van der Waals surface area contributed by atoms with Gasteiger partial charge in [0, 0.05) is 24.7 Å². The molecule has 0 radical (unpaired) electrons. The van der Waals surface area contributed by atoms with Crippen molar-refractivity contribution < 1.29 is 4.39 Å². The molecule has 1 aliphatic rings. The van der Waals surface area contributed by atoms with Gasteiger partial charge in [0.15, 0.2) is 0 Å². The van der Waals surface area contributed by atoms with Crippen LogP contribution in [0.2, 0.25) is 0 Å². The first-order valence-corrected chi connectivity index (χ1v) is 7.34. The molecule has 0 amide bonds. The number of nitrogens with zero attached hydrogens (tertiary/aromatic N) is 1. The molecule has 0 spiro atoms. The second kappa shape index (κ2) is 7.01. The van der Waals surface area contributed by atoms with Crippen LogP contribution in [0.15, 0.2) is 24.3 Å². The van der Waals surface area contributed by atoms with E-state index in [1.54, 1.807) is 12.1 Å². The molecule has 3 heteroatoms. The highest BCUT2D eigenvalue weighted by atomic mass is 19.1. The van der Waals surface area contributed by atoms with Gasteiger partial charge in [-0.25, -0.2) is 4.39 Å². The van der Waals surface area contributed by atoms with Gasteiger partial charge in [0.2, 0.25) is 0 Å². The van der Waals surface area contributed by atoms with E-state index in [4.69, 9.17) is 0 Å². The second-order valence-corrected chi connectivity index (χ2v) is 5.96. The van der Waals surface area contributed by atoms with Crippen LogP contribution in [0.1, 0.15) is 32.3 Å². The maximum absolute atomic E-state index is 13.7. The van der Waals surface area contributed by atoms with Crippen molar-refractivity contribution in [1.82, 2.24) is 10.2 Å². The molecule has 1 saturated heterocycles. The molecule has 19 heavy (non-hydrogen) atoms. The third-order valence-electron chi connectivity index (χ3n) is 3.67. The van der Waals surface area contributed by atoms with Crippen LogP contribution in [-0.4, -0.2) is 30.6 Å². The smallest absolute Gasteiger partial charge is 0.127 e. The average molecular weight is 264 g/mol. The molecule has 1 atom stereocenters. The van der Waals surface area contributed by atoms with Crippen LogP contribution in [0, 0.1) is 11.7 Å². The zero-order valence-corrected chi connectivity index (χ0v) is 12.0. The lowest BCUT2D eigenvalue weighted by Crippen LogP contribution is -2.38. The van der Waals surface area contributed by atoms with E-state index < -0.39 is 0 Å². The molecule has 106 valence electrons. The molecule has 0 saturated carbocycles. The Morgan fingerprint density at radius 3 is 2.89 bits per heavy atom. The maximum Gasteiger partial charge on any atom is 0.127 e. The number of nitrogens with one attached hydrogen (secondary N) is 1. The van der Waals surface area contributed by atoms with Gasteiger partial charge in [-0.1, -0.05) is 32.0 Å². The molecule has 1 unspecified atom stereocenters. The molecule has 0 aromatic heterocycles. The summed E-state index contributed by atoms with van der Waals surface area (Å²) in [7, 11) is 0. The Balaban J connectivity index is 1.97. The lowest BCUT2D eigenvalue weighted by Gasteiger charge is -2.25. The Labute approximate surface area is 116 Å². The lowest BCUT2D eigenvalue weighted by molar-refractivity contribution is 0.245. The highest BCUT2D eigenvalue weighted by Gasteiger charge is 2.19. The summed E-state index contributed by atoms with van der Waals surface area (Å²) in [4.78, 5) is 2.38. The Kier molecular flexibility index (Phi) is 5.34. The fraction of sp³-hybridized carbons (Fsp3) is 0.625. The normalized spacial score (nSPS) is 21.6. The first-order chi connectivity index (χ1) is 9.15. The Morgan fingerprint density at radius 2 is 2.16 bits per heavy atom. The van der Waals surface area contributed by atoms with Gasteiger partial charge in [-0.3, -0.25) is 4.90 Å². The molecule has 1 heterocycles. The summed E-state index contributed by atoms with van der Waals surface area (Å²) in [6.45, 7) is 8.39. The molecular formula is C16H25FN2. The number of halogens is 1. The van der Waals surface area contributed by atoms with E-state index in [2.05, 4.69) is 24.1 Å². The van der Waals surface area contributed by atoms with E-state index in [9.17, 15) is 4.39 Å². The molecule has 2 nitrogen and oxygen atoms in total. The summed E-state index contributed by atoms with van der Waals surface area (Å²) in [5.74, 6) is 0.617. The van der Waals surface area contributed by atoms with Crippen LogP contribution in [0.5, 0.6) is 0 Å². The van der Waals surface area contributed by atoms with Gasteiger partial charge in [-0.15, -0.1) is 0 Å². The minimum Gasteiger partial charge on any atom is -0.313 e. The number of benzene rings is 1. The van der Waals surface area contributed by atoms with E-state index in [1.165, 1.54) is 6.42 Å². The molecule has 0 aliphatic carbocycles. The maximum atomic E-state index is 13.7. The quantitative estimate of drug-likeness (QED) is 0.899. The van der Waals surface area contributed by atoms with Crippen LogP contribution in [0.3, 0.4) is 0 Å². The van der Waals surface area contributed by atoms with Crippen molar-refractivity contribution in [2.45, 2.75) is 39.3 Å². The second-order valence-electron chi connectivity index (χ2n) is 5.96. The van der Waals surface area contributed by atoms with Gasteiger partial charge >= 0.3 is 0 Å². The number of rotatable bonds is 4. The molecular weight excluding hydrogens is 239 g/mol. The van der Waals surface area contributed by atoms with E-state index >= 15 is 0 Å². The third-order valence-corrected chi connectivity index (χ3v) is 3.67. The monoisotopic (exact) mass is 264 g/mol. The molecule has 1 N–H and O–H groups in total. The number of hydrogen-bond acceptors (Lipinski definition) is 2. The lowest BCUT2D eigenvalue weighted by atomic mass is 10.0. The summed E-state index contributed by atoms with van der Waals surface area (Å²) >= 11 is 0. The molecule has 1 aliphatic heterocycles. The minimum absolute atomic E-state index is 0.0832. The topological polar surface area (TPSA) is 15.3 Å². The van der Waals surface area contributed by atoms with Crippen LogP contribution in [0.25, 0.3) is 0 Å². The van der Waals surface area contributed by atoms with Crippen LogP contribution >= 0.6 is 0 Å². The van der Waals surface area contributed by atoms with E-state index in [0.717, 1.165) is 38.2 Å². The van der Waals surface area contributed by atoms with Gasteiger partial charge in [0.1, 0.15) is 5.82 Å². The van der Waals surface area contributed by atoms with E-state index in [-0.39, 0.29) is 5.82 Å². The predicted octanol–water partition coefficient (Wildman–Crippen LogP) is 3.04. The van der Waals surface area contributed by atoms with E-state index in [1.807, 2.05) is 12.1 Å². The van der Waals surface area contributed by atoms with E-state index in [0.29, 0.717) is 12.0 Å². The Morgan fingerprint density at radius 1 is 1.37 bits per heavy atom. The minimum atomic E-state index is -0.0832. The third kappa shape index (κ3) is 4.59. The fourth-order valence-corrected chi connectivity index (χ4v) is 2.81. The van der Waals surface area contributed by atoms with Crippen molar-refractivity contribution in [1.29, 1.82) is 0 Å². The van der Waals surface area contributed by atoms with Gasteiger partial charge in [0.05, 0.1) is 0 Å².